The molecule has 2 rings (SSSR count). The summed E-state index contributed by atoms with van der Waals surface area (Å²) in [5.74, 6) is 0. The first-order valence-electron chi connectivity index (χ1n) is 7.05. The van der Waals surface area contributed by atoms with Gasteiger partial charge in [0.05, 0.1) is 12.0 Å². The lowest BCUT2D eigenvalue weighted by Gasteiger charge is -2.14. The molecule has 0 amide bonds. The Morgan fingerprint density at radius 2 is 1.85 bits per heavy atom. The Labute approximate surface area is 121 Å². The molecule has 1 aromatic carbocycles. The molecule has 20 heavy (non-hydrogen) atoms. The molecule has 2 aromatic rings. The quantitative estimate of drug-likeness (QED) is 0.878. The summed E-state index contributed by atoms with van der Waals surface area (Å²) in [4.78, 5) is 6.33. The van der Waals surface area contributed by atoms with E-state index in [4.69, 9.17) is 0 Å². The molecule has 0 aliphatic carbocycles. The predicted molar refractivity (Wildman–Crippen MR) is 83.9 cm³/mol. The van der Waals surface area contributed by atoms with Gasteiger partial charge in [-0.1, -0.05) is 12.1 Å². The summed E-state index contributed by atoms with van der Waals surface area (Å²) in [5, 5.41) is 3.47. The van der Waals surface area contributed by atoms with Crippen LogP contribution in [0.15, 0.2) is 36.8 Å². The second-order valence-electron chi connectivity index (χ2n) is 5.55. The Kier molecular flexibility index (Phi) is 4.79. The van der Waals surface area contributed by atoms with Crippen LogP contribution in [-0.4, -0.2) is 23.6 Å². The first-order chi connectivity index (χ1) is 9.58. The van der Waals surface area contributed by atoms with E-state index in [1.807, 2.05) is 12.5 Å². The van der Waals surface area contributed by atoms with Crippen LogP contribution < -0.4 is 10.2 Å². The second-order valence-corrected chi connectivity index (χ2v) is 5.55. The average molecular weight is 272 g/mol. The molecule has 0 unspecified atom stereocenters. The maximum Gasteiger partial charge on any atom is 0.0951 e. The van der Waals surface area contributed by atoms with E-state index in [1.54, 1.807) is 0 Å². The molecule has 0 aliphatic heterocycles. The average Bonchev–Trinajstić information content (AvgIpc) is 2.88. The van der Waals surface area contributed by atoms with E-state index < -0.39 is 0 Å². The van der Waals surface area contributed by atoms with E-state index in [2.05, 4.69) is 72.0 Å². The minimum absolute atomic E-state index is 0.452. The molecule has 0 spiro atoms. The summed E-state index contributed by atoms with van der Waals surface area (Å²) in [6.45, 7) is 6.06. The minimum atomic E-state index is 0.452. The third-order valence-corrected chi connectivity index (χ3v) is 3.39. The van der Waals surface area contributed by atoms with Crippen LogP contribution in [0.1, 0.15) is 31.1 Å². The molecule has 0 radical (unpaired) electrons. The summed E-state index contributed by atoms with van der Waals surface area (Å²) < 4.78 is 2.20. The monoisotopic (exact) mass is 272 g/mol. The van der Waals surface area contributed by atoms with E-state index >= 15 is 0 Å². The van der Waals surface area contributed by atoms with Crippen molar-refractivity contribution >= 4 is 5.69 Å². The van der Waals surface area contributed by atoms with Gasteiger partial charge in [-0.2, -0.15) is 0 Å². The lowest BCUT2D eigenvalue weighted by atomic mass is 10.2. The standard InChI is InChI=1S/C16H24N4/c1-13(2)20-12-18-11-16(20)10-17-9-14-5-7-15(8-6-14)19(3)4/h5-8,11-13,17H,9-10H2,1-4H3. The summed E-state index contributed by atoms with van der Waals surface area (Å²) >= 11 is 0. The summed E-state index contributed by atoms with van der Waals surface area (Å²) in [6, 6.07) is 9.09. The van der Waals surface area contributed by atoms with Crippen LogP contribution in [-0.2, 0) is 13.1 Å². The molecule has 4 heteroatoms. The van der Waals surface area contributed by atoms with Crippen molar-refractivity contribution in [2.45, 2.75) is 33.0 Å². The molecule has 0 saturated carbocycles. The van der Waals surface area contributed by atoms with Gasteiger partial charge in [0.15, 0.2) is 0 Å². The van der Waals surface area contributed by atoms with Crippen molar-refractivity contribution in [1.82, 2.24) is 14.9 Å². The third kappa shape index (κ3) is 3.61. The van der Waals surface area contributed by atoms with Crippen LogP contribution in [0, 0.1) is 0 Å². The maximum atomic E-state index is 4.22. The first-order valence-corrected chi connectivity index (χ1v) is 7.05. The molecule has 1 aromatic heterocycles. The molecule has 1 heterocycles. The molecule has 0 saturated heterocycles. The summed E-state index contributed by atoms with van der Waals surface area (Å²) in [5.41, 5.74) is 3.75. The lowest BCUT2D eigenvalue weighted by Crippen LogP contribution is -2.16. The summed E-state index contributed by atoms with van der Waals surface area (Å²) in [6.07, 6.45) is 3.83. The van der Waals surface area contributed by atoms with Crippen LogP contribution in [0.4, 0.5) is 5.69 Å². The Bertz CT molecular complexity index is 526. The normalized spacial score (nSPS) is 11.1. The van der Waals surface area contributed by atoms with Crippen LogP contribution >= 0.6 is 0 Å². The van der Waals surface area contributed by atoms with Crippen molar-refractivity contribution in [1.29, 1.82) is 0 Å². The highest BCUT2D eigenvalue weighted by Gasteiger charge is 2.04. The van der Waals surface area contributed by atoms with Gasteiger partial charge >= 0.3 is 0 Å². The number of imidazole rings is 1. The van der Waals surface area contributed by atoms with Crippen molar-refractivity contribution in [3.05, 3.63) is 48.0 Å². The number of hydrogen-bond acceptors (Lipinski definition) is 3. The summed E-state index contributed by atoms with van der Waals surface area (Å²) in [7, 11) is 4.11. The highest BCUT2D eigenvalue weighted by atomic mass is 15.1. The van der Waals surface area contributed by atoms with E-state index in [0.29, 0.717) is 6.04 Å². The minimum Gasteiger partial charge on any atom is -0.378 e. The molecule has 4 nitrogen and oxygen atoms in total. The van der Waals surface area contributed by atoms with Crippen molar-refractivity contribution in [2.24, 2.45) is 0 Å². The van der Waals surface area contributed by atoms with Gasteiger partial charge in [-0.25, -0.2) is 4.98 Å². The number of hydrogen-bond donors (Lipinski definition) is 1. The Hall–Kier alpha value is -1.81. The fourth-order valence-electron chi connectivity index (χ4n) is 2.18. The van der Waals surface area contributed by atoms with Crippen molar-refractivity contribution in [3.63, 3.8) is 0 Å². The Morgan fingerprint density at radius 3 is 2.45 bits per heavy atom. The van der Waals surface area contributed by atoms with Gasteiger partial charge in [-0.3, -0.25) is 0 Å². The molecular formula is C16H24N4. The highest BCUT2D eigenvalue weighted by Crippen LogP contribution is 2.12. The maximum absolute atomic E-state index is 4.22. The molecule has 108 valence electrons. The lowest BCUT2D eigenvalue weighted by molar-refractivity contribution is 0.550. The van der Waals surface area contributed by atoms with Gasteiger partial charge in [-0.15, -0.1) is 0 Å². The molecular weight excluding hydrogens is 248 g/mol. The zero-order valence-electron chi connectivity index (χ0n) is 12.8. The number of aromatic nitrogens is 2. The second kappa shape index (κ2) is 6.57. The van der Waals surface area contributed by atoms with Gasteiger partial charge in [0.1, 0.15) is 0 Å². The van der Waals surface area contributed by atoms with E-state index in [9.17, 15) is 0 Å². The van der Waals surface area contributed by atoms with E-state index in [0.717, 1.165) is 13.1 Å². The number of benzene rings is 1. The zero-order chi connectivity index (χ0) is 14.5. The van der Waals surface area contributed by atoms with Crippen molar-refractivity contribution in [3.8, 4) is 0 Å². The molecule has 0 bridgehead atoms. The smallest absolute Gasteiger partial charge is 0.0951 e. The third-order valence-electron chi connectivity index (χ3n) is 3.39. The van der Waals surface area contributed by atoms with Crippen molar-refractivity contribution < 1.29 is 0 Å². The topological polar surface area (TPSA) is 33.1 Å². The molecule has 0 atom stereocenters. The van der Waals surface area contributed by atoms with Gasteiger partial charge in [0, 0.05) is 45.1 Å². The predicted octanol–water partition coefficient (Wildman–Crippen LogP) is 2.82. The van der Waals surface area contributed by atoms with Gasteiger partial charge in [0.25, 0.3) is 0 Å². The highest BCUT2D eigenvalue weighted by molar-refractivity contribution is 5.45. The molecule has 0 fully saturated rings. The van der Waals surface area contributed by atoms with Gasteiger partial charge in [-0.05, 0) is 31.5 Å². The number of nitrogens with one attached hydrogen (secondary N) is 1. The van der Waals surface area contributed by atoms with Crippen molar-refractivity contribution in [2.75, 3.05) is 19.0 Å². The SMILES string of the molecule is CC(C)n1cncc1CNCc1ccc(N(C)C)cc1. The number of anilines is 1. The number of rotatable bonds is 6. The van der Waals surface area contributed by atoms with Crippen LogP contribution in [0.25, 0.3) is 0 Å². The van der Waals surface area contributed by atoms with E-state index in [-0.39, 0.29) is 0 Å². The van der Waals surface area contributed by atoms with Gasteiger partial charge in [0.2, 0.25) is 0 Å². The Balaban J connectivity index is 1.88. The van der Waals surface area contributed by atoms with E-state index in [1.165, 1.54) is 16.9 Å². The molecule has 0 aliphatic rings. The number of nitrogens with zero attached hydrogens (tertiary/aromatic N) is 3. The van der Waals surface area contributed by atoms with Gasteiger partial charge < -0.3 is 14.8 Å². The first kappa shape index (κ1) is 14.6. The fourth-order valence-corrected chi connectivity index (χ4v) is 2.18. The van der Waals surface area contributed by atoms with Crippen LogP contribution in [0.5, 0.6) is 0 Å². The largest absolute Gasteiger partial charge is 0.378 e. The zero-order valence-corrected chi connectivity index (χ0v) is 12.8. The fraction of sp³-hybridized carbons (Fsp3) is 0.438. The molecule has 1 N–H and O–H groups in total. The van der Waals surface area contributed by atoms with Crippen LogP contribution in [0.3, 0.4) is 0 Å². The Morgan fingerprint density at radius 1 is 1.15 bits per heavy atom. The van der Waals surface area contributed by atoms with Crippen LogP contribution in [0.2, 0.25) is 0 Å².